The Labute approximate surface area is 78.5 Å². The summed E-state index contributed by atoms with van der Waals surface area (Å²) in [5.41, 5.74) is 0.937. The summed E-state index contributed by atoms with van der Waals surface area (Å²) in [7, 11) is 0. The molecular weight excluding hydrogens is 166 g/mol. The molecular formula is C10H15NO2. The lowest BCUT2D eigenvalue weighted by atomic mass is 10.1. The number of rotatable bonds is 4. The van der Waals surface area contributed by atoms with E-state index in [2.05, 4.69) is 11.7 Å². The number of hydrogen-bond acceptors (Lipinski definition) is 2. The molecule has 3 nitrogen and oxygen atoms in total. The van der Waals surface area contributed by atoms with Crippen LogP contribution in [0.15, 0.2) is 28.4 Å². The van der Waals surface area contributed by atoms with Gasteiger partial charge >= 0.3 is 5.97 Å². The van der Waals surface area contributed by atoms with Gasteiger partial charge < -0.3 is 5.11 Å². The second kappa shape index (κ2) is 5.30. The molecule has 0 aliphatic carbocycles. The van der Waals surface area contributed by atoms with Gasteiger partial charge in [0.1, 0.15) is 0 Å². The van der Waals surface area contributed by atoms with Crippen LogP contribution >= 0.6 is 0 Å². The van der Waals surface area contributed by atoms with Gasteiger partial charge in [-0.05, 0) is 25.6 Å². The minimum absolute atomic E-state index is 0.187. The number of carboxylic acids is 1. The summed E-state index contributed by atoms with van der Waals surface area (Å²) in [5.74, 6) is -0.754. The third-order valence-electron chi connectivity index (χ3n) is 1.64. The highest BCUT2D eigenvalue weighted by Crippen LogP contribution is 2.13. The van der Waals surface area contributed by atoms with Gasteiger partial charge in [0.25, 0.3) is 0 Å². The van der Waals surface area contributed by atoms with E-state index >= 15 is 0 Å². The number of carbonyl (C=O) groups is 1. The van der Waals surface area contributed by atoms with Crippen LogP contribution < -0.4 is 0 Å². The van der Waals surface area contributed by atoms with Crippen LogP contribution in [0.25, 0.3) is 0 Å². The van der Waals surface area contributed by atoms with Gasteiger partial charge in [-0.1, -0.05) is 19.9 Å². The van der Waals surface area contributed by atoms with Crippen LogP contribution in [0.2, 0.25) is 0 Å². The lowest BCUT2D eigenvalue weighted by Gasteiger charge is -2.04. The van der Waals surface area contributed by atoms with Crippen molar-refractivity contribution in [3.8, 4) is 0 Å². The number of hydrogen-bond donors (Lipinski definition) is 1. The van der Waals surface area contributed by atoms with Crippen molar-refractivity contribution in [2.45, 2.75) is 20.8 Å². The van der Waals surface area contributed by atoms with Crippen LogP contribution in [0.3, 0.4) is 0 Å². The van der Waals surface area contributed by atoms with E-state index in [1.807, 2.05) is 13.8 Å². The molecule has 0 aromatic carbocycles. The lowest BCUT2D eigenvalue weighted by Crippen LogP contribution is -2.00. The molecule has 13 heavy (non-hydrogen) atoms. The Morgan fingerprint density at radius 3 is 2.31 bits per heavy atom. The van der Waals surface area contributed by atoms with Crippen molar-refractivity contribution in [1.82, 2.24) is 0 Å². The fraction of sp³-hybridized carbons (Fsp3) is 0.400. The second-order valence-electron chi connectivity index (χ2n) is 2.93. The smallest absolute Gasteiger partial charge is 0.335 e. The van der Waals surface area contributed by atoms with E-state index in [1.165, 1.54) is 6.08 Å². The van der Waals surface area contributed by atoms with E-state index in [4.69, 9.17) is 5.11 Å². The van der Waals surface area contributed by atoms with E-state index < -0.39 is 5.97 Å². The number of carboxylic acid groups (broad SMARTS) is 1. The Hall–Kier alpha value is -1.38. The third kappa shape index (κ3) is 3.69. The molecule has 0 amide bonds. The molecule has 0 saturated heterocycles. The third-order valence-corrected chi connectivity index (χ3v) is 1.64. The molecule has 0 heterocycles. The molecule has 0 fully saturated rings. The van der Waals surface area contributed by atoms with Gasteiger partial charge in [0.2, 0.25) is 0 Å². The van der Waals surface area contributed by atoms with Crippen molar-refractivity contribution in [2.75, 3.05) is 0 Å². The zero-order chi connectivity index (χ0) is 10.4. The summed E-state index contributed by atoms with van der Waals surface area (Å²) in [6.45, 7) is 8.95. The monoisotopic (exact) mass is 181 g/mol. The van der Waals surface area contributed by atoms with Crippen molar-refractivity contribution in [3.63, 3.8) is 0 Å². The first-order valence-corrected chi connectivity index (χ1v) is 4.10. The Balaban J connectivity index is 4.87. The molecule has 0 radical (unpaired) electrons. The average molecular weight is 181 g/mol. The maximum absolute atomic E-state index is 10.6. The van der Waals surface area contributed by atoms with E-state index in [0.29, 0.717) is 5.70 Å². The quantitative estimate of drug-likeness (QED) is 0.411. The van der Waals surface area contributed by atoms with Crippen LogP contribution in [0.5, 0.6) is 0 Å². The van der Waals surface area contributed by atoms with Gasteiger partial charge in [-0.15, -0.1) is 0 Å². The highest BCUT2D eigenvalue weighted by molar-refractivity contribution is 5.89. The molecule has 1 N–H and O–H groups in total. The van der Waals surface area contributed by atoms with E-state index in [-0.39, 0.29) is 11.5 Å². The lowest BCUT2D eigenvalue weighted by molar-refractivity contribution is -0.132. The first-order valence-electron chi connectivity index (χ1n) is 4.10. The normalized spacial score (nSPS) is 13.2. The zero-order valence-corrected chi connectivity index (χ0v) is 8.24. The van der Waals surface area contributed by atoms with E-state index in [9.17, 15) is 4.79 Å². The SMILES string of the molecule is C=N/C(=C\C(=C/C)C(=O)O)C(C)C. The highest BCUT2D eigenvalue weighted by atomic mass is 16.4. The summed E-state index contributed by atoms with van der Waals surface area (Å²) in [5, 5.41) is 8.72. The Morgan fingerprint density at radius 2 is 2.08 bits per heavy atom. The second-order valence-corrected chi connectivity index (χ2v) is 2.93. The standard InChI is InChI=1S/C10H15NO2/c1-5-8(10(12)13)6-9(11-4)7(2)3/h5-7H,4H2,1-3H3,(H,12,13)/b8-5+,9-6-. The van der Waals surface area contributed by atoms with Crippen molar-refractivity contribution in [1.29, 1.82) is 0 Å². The maximum Gasteiger partial charge on any atom is 0.335 e. The van der Waals surface area contributed by atoms with Crippen molar-refractivity contribution in [2.24, 2.45) is 10.9 Å². The minimum atomic E-state index is -0.940. The molecule has 0 spiro atoms. The number of allylic oxidation sites excluding steroid dienone is 2. The summed E-state index contributed by atoms with van der Waals surface area (Å²) in [6, 6.07) is 0. The van der Waals surface area contributed by atoms with Crippen molar-refractivity contribution < 1.29 is 9.90 Å². The first-order chi connectivity index (χ1) is 6.02. The number of aliphatic imine (C=N–C) groups is 1. The topological polar surface area (TPSA) is 49.7 Å². The summed E-state index contributed by atoms with van der Waals surface area (Å²) >= 11 is 0. The van der Waals surface area contributed by atoms with Crippen LogP contribution in [-0.2, 0) is 4.79 Å². The van der Waals surface area contributed by atoms with Crippen molar-refractivity contribution in [3.05, 3.63) is 23.4 Å². The zero-order valence-electron chi connectivity index (χ0n) is 8.24. The molecule has 0 unspecified atom stereocenters. The van der Waals surface area contributed by atoms with Crippen LogP contribution in [0.1, 0.15) is 20.8 Å². The summed E-state index contributed by atoms with van der Waals surface area (Å²) in [4.78, 5) is 14.4. The molecule has 0 saturated carbocycles. The van der Waals surface area contributed by atoms with Crippen LogP contribution in [0.4, 0.5) is 0 Å². The van der Waals surface area contributed by atoms with Gasteiger partial charge in [-0.25, -0.2) is 4.79 Å². The molecule has 0 aromatic rings. The summed E-state index contributed by atoms with van der Waals surface area (Å²) in [6.07, 6.45) is 3.08. The van der Waals surface area contributed by atoms with Gasteiger partial charge in [0, 0.05) is 5.70 Å². The fourth-order valence-electron chi connectivity index (χ4n) is 0.823. The van der Waals surface area contributed by atoms with Crippen molar-refractivity contribution >= 4 is 12.7 Å². The van der Waals surface area contributed by atoms with Gasteiger partial charge in [0.05, 0.1) is 5.57 Å². The fourth-order valence-corrected chi connectivity index (χ4v) is 0.823. The first kappa shape index (κ1) is 11.6. The predicted molar refractivity (Wildman–Crippen MR) is 53.9 cm³/mol. The van der Waals surface area contributed by atoms with Gasteiger partial charge in [0.15, 0.2) is 0 Å². The van der Waals surface area contributed by atoms with Crippen LogP contribution in [-0.4, -0.2) is 17.8 Å². The predicted octanol–water partition coefficient (Wildman–Crippen LogP) is 2.26. The van der Waals surface area contributed by atoms with E-state index in [0.717, 1.165) is 0 Å². The Morgan fingerprint density at radius 1 is 1.54 bits per heavy atom. The molecule has 0 aliphatic heterocycles. The molecule has 0 aliphatic rings. The highest BCUT2D eigenvalue weighted by Gasteiger charge is 2.06. The molecule has 72 valence electrons. The molecule has 0 aromatic heterocycles. The van der Waals surface area contributed by atoms with Gasteiger partial charge in [-0.3, -0.25) is 4.99 Å². The van der Waals surface area contributed by atoms with E-state index in [1.54, 1.807) is 13.0 Å². The minimum Gasteiger partial charge on any atom is -0.478 e. The maximum atomic E-state index is 10.6. The average Bonchev–Trinajstić information content (AvgIpc) is 2.05. The number of aliphatic carboxylic acids is 1. The molecule has 0 rings (SSSR count). The van der Waals surface area contributed by atoms with Crippen LogP contribution in [0, 0.1) is 5.92 Å². The molecule has 0 bridgehead atoms. The largest absolute Gasteiger partial charge is 0.478 e. The Bertz CT molecular complexity index is 262. The summed E-state index contributed by atoms with van der Waals surface area (Å²) < 4.78 is 0. The molecule has 3 heteroatoms. The van der Waals surface area contributed by atoms with Gasteiger partial charge in [-0.2, -0.15) is 0 Å². The molecule has 0 atom stereocenters. The Kier molecular flexibility index (Phi) is 4.74. The number of nitrogens with zero attached hydrogens (tertiary/aromatic N) is 1.